The molecule has 1 aliphatic carbocycles. The van der Waals surface area contributed by atoms with Crippen LogP contribution in [-0.4, -0.2) is 9.97 Å². The summed E-state index contributed by atoms with van der Waals surface area (Å²) in [5.74, 6) is 1.58. The van der Waals surface area contributed by atoms with Crippen molar-refractivity contribution in [2.24, 2.45) is 11.7 Å². The molecule has 0 aliphatic heterocycles. The van der Waals surface area contributed by atoms with E-state index in [0.29, 0.717) is 5.92 Å². The van der Waals surface area contributed by atoms with Gasteiger partial charge in [-0.15, -0.1) is 0 Å². The molecule has 2 unspecified atom stereocenters. The molecule has 1 aromatic heterocycles. The maximum atomic E-state index is 6.55. The van der Waals surface area contributed by atoms with Crippen molar-refractivity contribution in [3.05, 3.63) is 29.0 Å². The number of hydrogen-bond donors (Lipinski definition) is 2. The van der Waals surface area contributed by atoms with Crippen molar-refractivity contribution in [3.8, 4) is 0 Å². The van der Waals surface area contributed by atoms with Crippen molar-refractivity contribution in [1.29, 1.82) is 0 Å². The van der Waals surface area contributed by atoms with Gasteiger partial charge in [0.05, 0.1) is 16.6 Å². The first kappa shape index (κ1) is 12.0. The molecule has 1 heterocycles. The van der Waals surface area contributed by atoms with Gasteiger partial charge in [0.1, 0.15) is 5.82 Å². The molecule has 4 heteroatoms. The van der Waals surface area contributed by atoms with E-state index in [1.54, 1.807) is 0 Å². The molecule has 0 saturated heterocycles. The molecule has 2 aromatic rings. The molecule has 0 amide bonds. The number of aromatic nitrogens is 2. The Balaban J connectivity index is 2.03. The minimum absolute atomic E-state index is 0.302. The second-order valence-corrected chi connectivity index (χ2v) is 6.04. The van der Waals surface area contributed by atoms with E-state index >= 15 is 0 Å². The predicted octanol–water partition coefficient (Wildman–Crippen LogP) is 3.58. The highest BCUT2D eigenvalue weighted by Crippen LogP contribution is 2.37. The van der Waals surface area contributed by atoms with Gasteiger partial charge < -0.3 is 10.7 Å². The molecule has 1 aromatic carbocycles. The van der Waals surface area contributed by atoms with Crippen LogP contribution >= 0.6 is 11.6 Å². The Morgan fingerprint density at radius 2 is 2.33 bits per heavy atom. The fourth-order valence-electron chi connectivity index (χ4n) is 3.02. The van der Waals surface area contributed by atoms with Crippen molar-refractivity contribution in [1.82, 2.24) is 9.97 Å². The summed E-state index contributed by atoms with van der Waals surface area (Å²) in [5.41, 5.74) is 8.16. The van der Waals surface area contributed by atoms with Crippen molar-refractivity contribution in [2.45, 2.75) is 38.1 Å². The molecule has 0 radical (unpaired) electrons. The Kier molecular flexibility index (Phi) is 2.83. The van der Waals surface area contributed by atoms with E-state index in [2.05, 4.69) is 16.9 Å². The van der Waals surface area contributed by atoms with Crippen LogP contribution in [0, 0.1) is 5.92 Å². The SMILES string of the molecule is CC1CCCC(N)(c2nc3ccc(Cl)cc3[nH]2)C1. The second-order valence-electron chi connectivity index (χ2n) is 5.60. The van der Waals surface area contributed by atoms with Crippen molar-refractivity contribution in [2.75, 3.05) is 0 Å². The summed E-state index contributed by atoms with van der Waals surface area (Å²) in [7, 11) is 0. The highest BCUT2D eigenvalue weighted by molar-refractivity contribution is 6.31. The number of imidazole rings is 1. The number of nitrogens with one attached hydrogen (secondary N) is 1. The molecule has 3 nitrogen and oxygen atoms in total. The smallest absolute Gasteiger partial charge is 0.127 e. The maximum Gasteiger partial charge on any atom is 0.127 e. The van der Waals surface area contributed by atoms with Crippen LogP contribution < -0.4 is 5.73 Å². The topological polar surface area (TPSA) is 54.7 Å². The zero-order valence-electron chi connectivity index (χ0n) is 10.5. The Hall–Kier alpha value is -1.06. The van der Waals surface area contributed by atoms with Gasteiger partial charge in [0, 0.05) is 5.02 Å². The number of rotatable bonds is 1. The number of nitrogens with zero attached hydrogens (tertiary/aromatic N) is 1. The molecule has 96 valence electrons. The van der Waals surface area contributed by atoms with E-state index < -0.39 is 0 Å². The van der Waals surface area contributed by atoms with Gasteiger partial charge in [0.25, 0.3) is 0 Å². The van der Waals surface area contributed by atoms with Crippen LogP contribution in [0.25, 0.3) is 11.0 Å². The Morgan fingerprint density at radius 3 is 3.11 bits per heavy atom. The first-order valence-corrected chi connectivity index (χ1v) is 6.89. The van der Waals surface area contributed by atoms with Gasteiger partial charge in [-0.2, -0.15) is 0 Å². The molecule has 1 saturated carbocycles. The summed E-state index contributed by atoms with van der Waals surface area (Å²) < 4.78 is 0. The minimum Gasteiger partial charge on any atom is -0.340 e. The molecular formula is C14H18ClN3. The van der Waals surface area contributed by atoms with Crippen LogP contribution in [0.5, 0.6) is 0 Å². The molecule has 1 aliphatic rings. The number of H-pyrrole nitrogens is 1. The van der Waals surface area contributed by atoms with Gasteiger partial charge in [0.2, 0.25) is 0 Å². The molecule has 3 N–H and O–H groups in total. The van der Waals surface area contributed by atoms with Crippen LogP contribution in [0.2, 0.25) is 5.02 Å². The second kappa shape index (κ2) is 4.25. The normalized spacial score (nSPS) is 28.7. The lowest BCUT2D eigenvalue weighted by Gasteiger charge is -2.35. The average Bonchev–Trinajstić information content (AvgIpc) is 2.72. The summed E-state index contributed by atoms with van der Waals surface area (Å²) in [6.07, 6.45) is 4.45. The summed E-state index contributed by atoms with van der Waals surface area (Å²) in [4.78, 5) is 7.99. The third kappa shape index (κ3) is 2.02. The molecule has 0 spiro atoms. The predicted molar refractivity (Wildman–Crippen MR) is 74.6 cm³/mol. The van der Waals surface area contributed by atoms with E-state index in [-0.39, 0.29) is 5.54 Å². The van der Waals surface area contributed by atoms with E-state index in [1.807, 2.05) is 18.2 Å². The fourth-order valence-corrected chi connectivity index (χ4v) is 3.20. The standard InChI is InChI=1S/C14H18ClN3/c1-9-3-2-6-14(16,8-9)13-17-11-5-4-10(15)7-12(11)18-13/h4-5,7,9H,2-3,6,8,16H2,1H3,(H,17,18). The molecule has 18 heavy (non-hydrogen) atoms. The van der Waals surface area contributed by atoms with Crippen LogP contribution in [0.15, 0.2) is 18.2 Å². The van der Waals surface area contributed by atoms with Gasteiger partial charge in [-0.25, -0.2) is 4.98 Å². The number of benzene rings is 1. The largest absolute Gasteiger partial charge is 0.340 e. The zero-order valence-corrected chi connectivity index (χ0v) is 11.3. The zero-order chi connectivity index (χ0) is 12.8. The van der Waals surface area contributed by atoms with E-state index in [0.717, 1.165) is 34.7 Å². The quantitative estimate of drug-likeness (QED) is 0.826. The van der Waals surface area contributed by atoms with Crippen molar-refractivity contribution < 1.29 is 0 Å². The number of fused-ring (bicyclic) bond motifs is 1. The Labute approximate surface area is 112 Å². The highest BCUT2D eigenvalue weighted by Gasteiger charge is 2.35. The third-order valence-corrected chi connectivity index (χ3v) is 4.18. The number of aromatic amines is 1. The first-order valence-electron chi connectivity index (χ1n) is 6.51. The van der Waals surface area contributed by atoms with Crippen LogP contribution in [0.4, 0.5) is 0 Å². The molecule has 3 rings (SSSR count). The Bertz CT molecular complexity index is 577. The summed E-state index contributed by atoms with van der Waals surface area (Å²) >= 11 is 5.99. The lowest BCUT2D eigenvalue weighted by molar-refractivity contribution is 0.230. The van der Waals surface area contributed by atoms with Crippen LogP contribution in [0.3, 0.4) is 0 Å². The van der Waals surface area contributed by atoms with Gasteiger partial charge >= 0.3 is 0 Å². The van der Waals surface area contributed by atoms with Crippen molar-refractivity contribution in [3.63, 3.8) is 0 Å². The van der Waals surface area contributed by atoms with Gasteiger partial charge in [-0.05, 0) is 37.0 Å². The average molecular weight is 264 g/mol. The molecule has 0 bridgehead atoms. The Morgan fingerprint density at radius 1 is 1.50 bits per heavy atom. The minimum atomic E-state index is -0.302. The van der Waals surface area contributed by atoms with Crippen LogP contribution in [-0.2, 0) is 5.54 Å². The summed E-state index contributed by atoms with van der Waals surface area (Å²) in [5, 5.41) is 0.723. The van der Waals surface area contributed by atoms with Crippen molar-refractivity contribution >= 4 is 22.6 Å². The molecular weight excluding hydrogens is 246 g/mol. The summed E-state index contributed by atoms with van der Waals surface area (Å²) in [6, 6.07) is 5.71. The first-order chi connectivity index (χ1) is 8.57. The van der Waals surface area contributed by atoms with E-state index in [9.17, 15) is 0 Å². The molecule has 1 fully saturated rings. The highest BCUT2D eigenvalue weighted by atomic mass is 35.5. The lowest BCUT2D eigenvalue weighted by atomic mass is 9.76. The fraction of sp³-hybridized carbons (Fsp3) is 0.500. The maximum absolute atomic E-state index is 6.55. The van der Waals surface area contributed by atoms with Gasteiger partial charge in [0.15, 0.2) is 0 Å². The monoisotopic (exact) mass is 263 g/mol. The van der Waals surface area contributed by atoms with Crippen LogP contribution in [0.1, 0.15) is 38.4 Å². The summed E-state index contributed by atoms with van der Waals surface area (Å²) in [6.45, 7) is 2.26. The third-order valence-electron chi connectivity index (χ3n) is 3.95. The van der Waals surface area contributed by atoms with Gasteiger partial charge in [-0.3, -0.25) is 0 Å². The van der Waals surface area contributed by atoms with Gasteiger partial charge in [-0.1, -0.05) is 31.4 Å². The lowest BCUT2D eigenvalue weighted by Crippen LogP contribution is -2.42. The number of nitrogens with two attached hydrogens (primary N) is 1. The number of halogens is 1. The molecule has 2 atom stereocenters. The van der Waals surface area contributed by atoms with E-state index in [1.165, 1.54) is 12.8 Å². The van der Waals surface area contributed by atoms with E-state index in [4.69, 9.17) is 17.3 Å². The number of hydrogen-bond acceptors (Lipinski definition) is 2.